The molecule has 6 heteroatoms. The molecule has 0 aliphatic rings. The highest BCUT2D eigenvalue weighted by Gasteiger charge is 2.15. The Bertz CT molecular complexity index is 1130. The molecule has 0 aliphatic heterocycles. The minimum Gasteiger partial charge on any atom is -0.496 e. The number of ketones is 1. The third-order valence-corrected chi connectivity index (χ3v) is 5.55. The first-order valence-corrected chi connectivity index (χ1v) is 10.5. The van der Waals surface area contributed by atoms with Crippen molar-refractivity contribution in [2.75, 3.05) is 19.1 Å². The zero-order chi connectivity index (χ0) is 23.3. The molecule has 3 aromatic rings. The molecule has 0 fully saturated rings. The van der Waals surface area contributed by atoms with Crippen molar-refractivity contribution in [3.8, 4) is 16.9 Å². The van der Waals surface area contributed by atoms with Gasteiger partial charge in [0.15, 0.2) is 5.78 Å². The Hall–Kier alpha value is -3.54. The van der Waals surface area contributed by atoms with Gasteiger partial charge in [-0.05, 0) is 60.4 Å². The maximum Gasteiger partial charge on any atom is 0.226 e. The molecule has 1 amide bonds. The number of methoxy groups -OCH3 is 1. The third-order valence-electron chi connectivity index (χ3n) is 5.55. The van der Waals surface area contributed by atoms with Crippen molar-refractivity contribution in [3.05, 3.63) is 77.4 Å². The van der Waals surface area contributed by atoms with Crippen LogP contribution >= 0.6 is 0 Å². The van der Waals surface area contributed by atoms with Crippen molar-refractivity contribution in [2.45, 2.75) is 33.1 Å². The van der Waals surface area contributed by atoms with Crippen molar-refractivity contribution in [1.29, 1.82) is 0 Å². The number of amides is 1. The number of aryl methyl sites for hydroxylation is 2. The number of Topliss-reactive ketones (excluding diaryl/α,β-unsaturated/α-hetero) is 1. The molecule has 0 spiro atoms. The predicted molar refractivity (Wildman–Crippen MR) is 124 cm³/mol. The summed E-state index contributed by atoms with van der Waals surface area (Å²) in [7, 11) is 3.30. The lowest BCUT2D eigenvalue weighted by Crippen LogP contribution is -2.24. The summed E-state index contributed by atoms with van der Waals surface area (Å²) in [6.45, 7) is 3.57. The fourth-order valence-corrected chi connectivity index (χ4v) is 3.57. The predicted octanol–water partition coefficient (Wildman–Crippen LogP) is 5.39. The summed E-state index contributed by atoms with van der Waals surface area (Å²) in [5, 5.41) is 0. The molecule has 1 heterocycles. The van der Waals surface area contributed by atoms with Crippen LogP contribution in [-0.4, -0.2) is 30.8 Å². The van der Waals surface area contributed by atoms with Gasteiger partial charge < -0.3 is 9.64 Å². The molecule has 0 N–H and O–H groups in total. The van der Waals surface area contributed by atoms with Gasteiger partial charge in [0.25, 0.3) is 0 Å². The van der Waals surface area contributed by atoms with Gasteiger partial charge >= 0.3 is 0 Å². The average Bonchev–Trinajstić information content (AvgIpc) is 2.82. The second-order valence-corrected chi connectivity index (χ2v) is 7.57. The second-order valence-electron chi connectivity index (χ2n) is 7.57. The Morgan fingerprint density at radius 2 is 1.72 bits per heavy atom. The van der Waals surface area contributed by atoms with Crippen molar-refractivity contribution in [2.24, 2.45) is 0 Å². The van der Waals surface area contributed by atoms with Gasteiger partial charge in [0.1, 0.15) is 5.75 Å². The first-order valence-electron chi connectivity index (χ1n) is 10.5. The zero-order valence-corrected chi connectivity index (χ0v) is 18.8. The van der Waals surface area contributed by atoms with E-state index in [-0.39, 0.29) is 18.1 Å². The lowest BCUT2D eigenvalue weighted by Gasteiger charge is -2.17. The number of benzene rings is 2. The molecule has 0 aliphatic carbocycles. The monoisotopic (exact) mass is 434 g/mol. The van der Waals surface area contributed by atoms with E-state index >= 15 is 0 Å². The van der Waals surface area contributed by atoms with Gasteiger partial charge in [-0.2, -0.15) is 4.39 Å². The maximum absolute atomic E-state index is 13.2. The molecule has 0 bridgehead atoms. The molecule has 0 unspecified atom stereocenters. The Labute approximate surface area is 187 Å². The lowest BCUT2D eigenvalue weighted by molar-refractivity contribution is -0.118. The van der Waals surface area contributed by atoms with Crippen LogP contribution in [0.25, 0.3) is 11.1 Å². The molecule has 1 aromatic heterocycles. The summed E-state index contributed by atoms with van der Waals surface area (Å²) in [4.78, 5) is 30.2. The van der Waals surface area contributed by atoms with E-state index in [0.717, 1.165) is 22.4 Å². The highest BCUT2D eigenvalue weighted by molar-refractivity contribution is 5.99. The number of pyridine rings is 1. The maximum atomic E-state index is 13.2. The van der Waals surface area contributed by atoms with Gasteiger partial charge in [0.2, 0.25) is 11.9 Å². The molecule has 32 heavy (non-hydrogen) atoms. The smallest absolute Gasteiger partial charge is 0.226 e. The quantitative estimate of drug-likeness (QED) is 0.352. The summed E-state index contributed by atoms with van der Waals surface area (Å²) in [6, 6.07) is 16.1. The van der Waals surface area contributed by atoms with Crippen LogP contribution in [-0.2, 0) is 11.2 Å². The SMILES string of the molecule is CCC(=O)N(C)c1ccc(-c2ccc(C(=O)CCc3ccc(F)nc3C)c(OC)c2)cc1. The molecule has 0 atom stereocenters. The van der Waals surface area contributed by atoms with Crippen LogP contribution in [0.15, 0.2) is 54.6 Å². The number of carbonyl (C=O) groups excluding carboxylic acids is 2. The summed E-state index contributed by atoms with van der Waals surface area (Å²) in [5.74, 6) is -0.0173. The first-order chi connectivity index (χ1) is 15.3. The van der Waals surface area contributed by atoms with Crippen molar-refractivity contribution >= 4 is 17.4 Å². The summed E-state index contributed by atoms with van der Waals surface area (Å²) >= 11 is 0. The first kappa shape index (κ1) is 23.1. The summed E-state index contributed by atoms with van der Waals surface area (Å²) in [6.07, 6.45) is 1.20. The molecule has 0 saturated heterocycles. The van der Waals surface area contributed by atoms with Crippen LogP contribution < -0.4 is 9.64 Å². The minimum atomic E-state index is -0.522. The van der Waals surface area contributed by atoms with E-state index in [1.54, 1.807) is 38.1 Å². The number of rotatable bonds is 8. The topological polar surface area (TPSA) is 59.5 Å². The van der Waals surface area contributed by atoms with E-state index in [9.17, 15) is 14.0 Å². The number of nitrogens with zero attached hydrogens (tertiary/aromatic N) is 2. The van der Waals surface area contributed by atoms with Gasteiger partial charge in [0.05, 0.1) is 12.7 Å². The number of aromatic nitrogens is 1. The molecule has 2 aromatic carbocycles. The number of ether oxygens (including phenoxy) is 1. The standard InChI is InChI=1S/C26H27FN2O3/c1-5-26(31)29(3)21-11-6-19(7-12-21)20-8-13-22(24(16-20)32-4)23(30)14-9-18-10-15-25(27)28-17(18)2/h6-8,10-13,15-16H,5,9,14H2,1-4H3. The van der Waals surface area contributed by atoms with Gasteiger partial charge in [-0.15, -0.1) is 0 Å². The fraction of sp³-hybridized carbons (Fsp3) is 0.269. The fourth-order valence-electron chi connectivity index (χ4n) is 3.57. The van der Waals surface area contributed by atoms with E-state index in [0.29, 0.717) is 29.8 Å². The molecular weight excluding hydrogens is 407 g/mol. The van der Waals surface area contributed by atoms with Crippen LogP contribution in [0.5, 0.6) is 5.75 Å². The van der Waals surface area contributed by atoms with E-state index < -0.39 is 5.95 Å². The number of halogens is 1. The Morgan fingerprint density at radius 3 is 2.34 bits per heavy atom. The Kier molecular flexibility index (Phi) is 7.36. The third kappa shape index (κ3) is 5.19. The van der Waals surface area contributed by atoms with E-state index in [2.05, 4.69) is 4.98 Å². The van der Waals surface area contributed by atoms with Crippen molar-refractivity contribution in [1.82, 2.24) is 4.98 Å². The van der Waals surface area contributed by atoms with Gasteiger partial charge in [0, 0.05) is 31.3 Å². The van der Waals surface area contributed by atoms with Crippen molar-refractivity contribution < 1.29 is 18.7 Å². The van der Waals surface area contributed by atoms with E-state index in [4.69, 9.17) is 4.74 Å². The van der Waals surface area contributed by atoms with Crippen LogP contribution in [0.1, 0.15) is 41.4 Å². The van der Waals surface area contributed by atoms with Crippen LogP contribution in [0, 0.1) is 12.9 Å². The highest BCUT2D eigenvalue weighted by atomic mass is 19.1. The van der Waals surface area contributed by atoms with E-state index in [1.165, 1.54) is 6.07 Å². The molecule has 3 rings (SSSR count). The lowest BCUT2D eigenvalue weighted by atomic mass is 9.98. The average molecular weight is 435 g/mol. The number of anilines is 1. The van der Waals surface area contributed by atoms with Crippen LogP contribution in [0.4, 0.5) is 10.1 Å². The normalized spacial score (nSPS) is 10.7. The summed E-state index contributed by atoms with van der Waals surface area (Å²) < 4.78 is 18.7. The summed E-state index contributed by atoms with van der Waals surface area (Å²) in [5.41, 5.74) is 4.64. The number of carbonyl (C=O) groups is 2. The number of hydrogen-bond donors (Lipinski definition) is 0. The van der Waals surface area contributed by atoms with Gasteiger partial charge in [-0.1, -0.05) is 31.2 Å². The molecule has 166 valence electrons. The molecule has 0 radical (unpaired) electrons. The zero-order valence-electron chi connectivity index (χ0n) is 18.8. The van der Waals surface area contributed by atoms with Gasteiger partial charge in [-0.3, -0.25) is 9.59 Å². The van der Waals surface area contributed by atoms with Crippen molar-refractivity contribution in [3.63, 3.8) is 0 Å². The molecule has 0 saturated carbocycles. The van der Waals surface area contributed by atoms with E-state index in [1.807, 2.05) is 43.3 Å². The van der Waals surface area contributed by atoms with Gasteiger partial charge in [-0.25, -0.2) is 4.98 Å². The molecule has 5 nitrogen and oxygen atoms in total. The Balaban J connectivity index is 1.76. The van der Waals surface area contributed by atoms with Crippen LogP contribution in [0.2, 0.25) is 0 Å². The van der Waals surface area contributed by atoms with Crippen LogP contribution in [0.3, 0.4) is 0 Å². The second kappa shape index (κ2) is 10.2. The highest BCUT2D eigenvalue weighted by Crippen LogP contribution is 2.30. The minimum absolute atomic E-state index is 0.0489. The largest absolute Gasteiger partial charge is 0.496 e. The molecular formula is C26H27FN2O3. The Morgan fingerprint density at radius 1 is 1.03 bits per heavy atom. The number of hydrogen-bond acceptors (Lipinski definition) is 4.